The molecule has 0 fully saturated rings. The lowest BCUT2D eigenvalue weighted by atomic mass is 10.1. The Labute approximate surface area is 135 Å². The van der Waals surface area contributed by atoms with Crippen LogP contribution in [0.1, 0.15) is 24.5 Å². The molecular formula is C18H19ClO3. The Balaban J connectivity index is 2.03. The van der Waals surface area contributed by atoms with Crippen LogP contribution in [0.5, 0.6) is 11.5 Å². The molecule has 2 aromatic rings. The zero-order valence-corrected chi connectivity index (χ0v) is 13.5. The minimum Gasteiger partial charge on any atom is -0.493 e. The highest BCUT2D eigenvalue weighted by atomic mass is 35.5. The lowest BCUT2D eigenvalue weighted by molar-refractivity contribution is -0.116. The first-order valence-electron chi connectivity index (χ1n) is 7.12. The summed E-state index contributed by atoms with van der Waals surface area (Å²) in [7, 11) is 1.61. The molecule has 0 aliphatic carbocycles. The summed E-state index contributed by atoms with van der Waals surface area (Å²) in [6.45, 7) is 2.04. The molecular weight excluding hydrogens is 300 g/mol. The Bertz CT molecular complexity index is 635. The molecule has 0 bridgehead atoms. The van der Waals surface area contributed by atoms with Crippen molar-refractivity contribution in [3.63, 3.8) is 0 Å². The van der Waals surface area contributed by atoms with Crippen LogP contribution < -0.4 is 9.47 Å². The molecule has 2 aromatic carbocycles. The molecule has 0 radical (unpaired) electrons. The van der Waals surface area contributed by atoms with E-state index in [0.29, 0.717) is 36.0 Å². The van der Waals surface area contributed by atoms with Crippen LogP contribution in [0.2, 0.25) is 5.02 Å². The van der Waals surface area contributed by atoms with Crippen LogP contribution in [0.4, 0.5) is 0 Å². The van der Waals surface area contributed by atoms with E-state index in [1.54, 1.807) is 14.0 Å². The van der Waals surface area contributed by atoms with Crippen molar-refractivity contribution in [1.29, 1.82) is 0 Å². The fourth-order valence-electron chi connectivity index (χ4n) is 2.05. The summed E-state index contributed by atoms with van der Waals surface area (Å²) < 4.78 is 11.2. The van der Waals surface area contributed by atoms with E-state index >= 15 is 0 Å². The zero-order chi connectivity index (χ0) is 15.9. The van der Waals surface area contributed by atoms with Gasteiger partial charge in [0.05, 0.1) is 7.11 Å². The first-order valence-corrected chi connectivity index (χ1v) is 7.50. The van der Waals surface area contributed by atoms with Gasteiger partial charge in [-0.3, -0.25) is 0 Å². The molecule has 22 heavy (non-hydrogen) atoms. The van der Waals surface area contributed by atoms with Gasteiger partial charge in [-0.15, -0.1) is 0 Å². The number of methoxy groups -OCH3 is 1. The van der Waals surface area contributed by atoms with E-state index in [1.165, 1.54) is 0 Å². The number of hydrogen-bond acceptors (Lipinski definition) is 3. The Morgan fingerprint density at radius 1 is 1.05 bits per heavy atom. The van der Waals surface area contributed by atoms with Gasteiger partial charge in [0.1, 0.15) is 12.4 Å². The van der Waals surface area contributed by atoms with Crippen LogP contribution in [-0.2, 0) is 17.8 Å². The van der Waals surface area contributed by atoms with Crippen molar-refractivity contribution < 1.29 is 14.3 Å². The number of aryl methyl sites for hydroxylation is 1. The third-order valence-electron chi connectivity index (χ3n) is 3.30. The van der Waals surface area contributed by atoms with Crippen LogP contribution in [0.3, 0.4) is 0 Å². The minimum absolute atomic E-state index is 0.182. The first kappa shape index (κ1) is 16.4. The quantitative estimate of drug-likeness (QED) is 0.756. The van der Waals surface area contributed by atoms with E-state index in [0.717, 1.165) is 11.1 Å². The molecule has 116 valence electrons. The number of hydrogen-bond donors (Lipinski definition) is 0. The van der Waals surface area contributed by atoms with E-state index < -0.39 is 0 Å². The van der Waals surface area contributed by atoms with Crippen molar-refractivity contribution in [3.05, 3.63) is 58.6 Å². The normalized spacial score (nSPS) is 10.3. The maximum Gasteiger partial charge on any atom is 0.161 e. The summed E-state index contributed by atoms with van der Waals surface area (Å²) in [6.07, 6.45) is 1.25. The minimum atomic E-state index is 0.182. The van der Waals surface area contributed by atoms with E-state index in [9.17, 15) is 4.79 Å². The van der Waals surface area contributed by atoms with Crippen LogP contribution in [0, 0.1) is 0 Å². The first-order chi connectivity index (χ1) is 10.6. The number of rotatable bonds is 7. The fraction of sp³-hybridized carbons (Fsp3) is 0.278. The summed E-state index contributed by atoms with van der Waals surface area (Å²) in [5.41, 5.74) is 2.10. The number of carbonyl (C=O) groups excluding carboxylic acids is 1. The van der Waals surface area contributed by atoms with Crippen molar-refractivity contribution in [2.24, 2.45) is 0 Å². The van der Waals surface area contributed by atoms with Gasteiger partial charge in [-0.1, -0.05) is 29.8 Å². The topological polar surface area (TPSA) is 35.5 Å². The van der Waals surface area contributed by atoms with Gasteiger partial charge in [0.15, 0.2) is 11.5 Å². The third kappa shape index (κ3) is 4.78. The average Bonchev–Trinajstić information content (AvgIpc) is 2.52. The molecule has 0 aliphatic rings. The summed E-state index contributed by atoms with van der Waals surface area (Å²) in [6, 6.07) is 13.3. The van der Waals surface area contributed by atoms with Gasteiger partial charge in [0.25, 0.3) is 0 Å². The second-order valence-electron chi connectivity index (χ2n) is 5.10. The summed E-state index contributed by atoms with van der Waals surface area (Å²) in [5.74, 6) is 1.54. The zero-order valence-electron chi connectivity index (χ0n) is 12.8. The van der Waals surface area contributed by atoms with Gasteiger partial charge in [-0.05, 0) is 48.7 Å². The number of halogens is 1. The highest BCUT2D eigenvalue weighted by Gasteiger charge is 2.07. The third-order valence-corrected chi connectivity index (χ3v) is 3.55. The summed E-state index contributed by atoms with van der Waals surface area (Å²) in [5, 5.41) is 0.705. The fourth-order valence-corrected chi connectivity index (χ4v) is 2.17. The molecule has 0 saturated carbocycles. The highest BCUT2D eigenvalue weighted by molar-refractivity contribution is 6.30. The van der Waals surface area contributed by atoms with Crippen molar-refractivity contribution in [2.75, 3.05) is 7.11 Å². The van der Waals surface area contributed by atoms with Gasteiger partial charge < -0.3 is 14.3 Å². The number of carbonyl (C=O) groups is 1. The lowest BCUT2D eigenvalue weighted by Crippen LogP contribution is -1.99. The molecule has 0 heterocycles. The second-order valence-corrected chi connectivity index (χ2v) is 5.54. The Hall–Kier alpha value is -2.00. The van der Waals surface area contributed by atoms with Crippen LogP contribution in [-0.4, -0.2) is 12.9 Å². The maximum absolute atomic E-state index is 11.1. The molecule has 2 rings (SSSR count). The molecule has 4 heteroatoms. The van der Waals surface area contributed by atoms with E-state index in [-0.39, 0.29) is 5.78 Å². The largest absolute Gasteiger partial charge is 0.493 e. The van der Waals surface area contributed by atoms with Crippen LogP contribution in [0.15, 0.2) is 42.5 Å². The number of benzene rings is 2. The molecule has 0 N–H and O–H groups in total. The molecule has 0 saturated heterocycles. The maximum atomic E-state index is 11.1. The van der Waals surface area contributed by atoms with Crippen molar-refractivity contribution >= 4 is 17.4 Å². The molecule has 0 atom stereocenters. The average molecular weight is 319 g/mol. The van der Waals surface area contributed by atoms with Gasteiger partial charge in [-0.2, -0.15) is 0 Å². The van der Waals surface area contributed by atoms with Crippen LogP contribution in [0.25, 0.3) is 0 Å². The van der Waals surface area contributed by atoms with Crippen LogP contribution >= 0.6 is 11.6 Å². The number of ketones is 1. The Morgan fingerprint density at radius 3 is 2.36 bits per heavy atom. The number of ether oxygens (including phenoxy) is 2. The smallest absolute Gasteiger partial charge is 0.161 e. The van der Waals surface area contributed by atoms with E-state index in [2.05, 4.69) is 0 Å². The lowest BCUT2D eigenvalue weighted by Gasteiger charge is -2.12. The molecule has 0 amide bonds. The SMILES string of the molecule is COc1cc(CCC(C)=O)ccc1OCc1ccc(Cl)cc1. The molecule has 3 nitrogen and oxygen atoms in total. The van der Waals surface area contributed by atoms with Gasteiger partial charge in [0.2, 0.25) is 0 Å². The molecule has 0 aromatic heterocycles. The Morgan fingerprint density at radius 2 is 1.73 bits per heavy atom. The summed E-state index contributed by atoms with van der Waals surface area (Å²) >= 11 is 5.86. The van der Waals surface area contributed by atoms with Crippen molar-refractivity contribution in [2.45, 2.75) is 26.4 Å². The van der Waals surface area contributed by atoms with Gasteiger partial charge in [0, 0.05) is 11.4 Å². The second kappa shape index (κ2) is 7.85. The highest BCUT2D eigenvalue weighted by Crippen LogP contribution is 2.29. The monoisotopic (exact) mass is 318 g/mol. The van der Waals surface area contributed by atoms with Gasteiger partial charge >= 0.3 is 0 Å². The molecule has 0 aliphatic heterocycles. The predicted octanol–water partition coefficient (Wildman–Crippen LogP) is 4.45. The standard InChI is InChI=1S/C18H19ClO3/c1-13(20)3-4-14-7-10-17(18(11-14)21-2)22-12-15-5-8-16(19)9-6-15/h5-11H,3-4,12H2,1-2H3. The molecule has 0 unspecified atom stereocenters. The van der Waals surface area contributed by atoms with E-state index in [4.69, 9.17) is 21.1 Å². The van der Waals surface area contributed by atoms with Crippen molar-refractivity contribution in [1.82, 2.24) is 0 Å². The molecule has 0 spiro atoms. The Kier molecular flexibility index (Phi) is 5.84. The number of Topliss-reactive ketones (excluding diaryl/α,β-unsaturated/α-hetero) is 1. The van der Waals surface area contributed by atoms with E-state index in [1.807, 2.05) is 42.5 Å². The predicted molar refractivity (Wildman–Crippen MR) is 87.8 cm³/mol. The van der Waals surface area contributed by atoms with Crippen molar-refractivity contribution in [3.8, 4) is 11.5 Å². The summed E-state index contributed by atoms with van der Waals surface area (Å²) in [4.78, 5) is 11.1. The van der Waals surface area contributed by atoms with Gasteiger partial charge in [-0.25, -0.2) is 0 Å².